The monoisotopic (exact) mass is 524 g/mol. The lowest BCUT2D eigenvalue weighted by molar-refractivity contribution is -0.137. The third kappa shape index (κ3) is 5.01. The van der Waals surface area contributed by atoms with Crippen LogP contribution in [0.4, 0.5) is 24.7 Å². The van der Waals surface area contributed by atoms with Gasteiger partial charge in [0, 0.05) is 49.2 Å². The molecule has 0 radical (unpaired) electrons. The Morgan fingerprint density at radius 1 is 1.14 bits per heavy atom. The Bertz CT molecular complexity index is 1310. The third-order valence-electron chi connectivity index (χ3n) is 6.38. The van der Waals surface area contributed by atoms with Gasteiger partial charge in [-0.2, -0.15) is 0 Å². The highest BCUT2D eigenvalue weighted by Gasteiger charge is 2.44. The minimum Gasteiger partial charge on any atom is -0.381 e. The third-order valence-corrected chi connectivity index (χ3v) is 8.37. The summed E-state index contributed by atoms with van der Waals surface area (Å²) in [4.78, 5) is 4.87. The molecule has 1 aromatic heterocycles. The van der Waals surface area contributed by atoms with Crippen molar-refractivity contribution < 1.29 is 26.3 Å². The Morgan fingerprint density at radius 3 is 2.54 bits per heavy atom. The summed E-state index contributed by atoms with van der Waals surface area (Å²) < 4.78 is 76.8. The van der Waals surface area contributed by atoms with Crippen molar-refractivity contribution in [2.45, 2.75) is 36.4 Å². The smallest absolute Gasteiger partial charge is 0.268 e. The fourth-order valence-electron chi connectivity index (χ4n) is 4.53. The molecule has 7 nitrogen and oxygen atoms in total. The topological polar surface area (TPSA) is 83.6 Å². The summed E-state index contributed by atoms with van der Waals surface area (Å²) in [5.41, 5.74) is 2.45. The fourth-order valence-corrected chi connectivity index (χ4v) is 6.21. The summed E-state index contributed by atoms with van der Waals surface area (Å²) in [5, 5.41) is 4.22. The van der Waals surface area contributed by atoms with E-state index in [2.05, 4.69) is 15.2 Å². The molecule has 186 valence electrons. The van der Waals surface area contributed by atoms with Crippen molar-refractivity contribution >= 4 is 32.9 Å². The average Bonchev–Trinajstić information content (AvgIpc) is 3.42. The van der Waals surface area contributed by atoms with Gasteiger partial charge in [0.15, 0.2) is 10.7 Å². The number of likely N-dealkylation sites (tertiary alicyclic amines) is 1. The molecule has 0 amide bonds. The number of nitrogens with zero attached hydrogens (tertiary/aromatic N) is 2. The predicted molar refractivity (Wildman–Crippen MR) is 126 cm³/mol. The number of anilines is 2. The molecule has 1 unspecified atom stereocenters. The average molecular weight is 525 g/mol. The van der Waals surface area contributed by atoms with E-state index in [1.165, 1.54) is 17.0 Å². The number of hydrogen-bond donors (Lipinski definition) is 2. The number of halogens is 3. The van der Waals surface area contributed by atoms with Gasteiger partial charge in [0.2, 0.25) is 0 Å². The molecule has 1 atom stereocenters. The van der Waals surface area contributed by atoms with Gasteiger partial charge >= 0.3 is 0 Å². The van der Waals surface area contributed by atoms with Crippen molar-refractivity contribution in [2.24, 2.45) is 0 Å². The summed E-state index contributed by atoms with van der Waals surface area (Å²) in [6.07, 6.45) is 1.98. The predicted octanol–water partition coefficient (Wildman–Crippen LogP) is 4.34. The maximum Gasteiger partial charge on any atom is 0.268 e. The van der Waals surface area contributed by atoms with Gasteiger partial charge < -0.3 is 10.1 Å². The van der Waals surface area contributed by atoms with Crippen LogP contribution in [0.25, 0.3) is 0 Å². The van der Waals surface area contributed by atoms with Crippen LogP contribution in [0.1, 0.15) is 24.0 Å². The second-order valence-corrected chi connectivity index (χ2v) is 11.1. The number of ether oxygens (including phenoxy) is 1. The van der Waals surface area contributed by atoms with E-state index in [0.717, 1.165) is 61.6 Å². The summed E-state index contributed by atoms with van der Waals surface area (Å²) in [6, 6.07) is 6.54. The molecule has 12 heteroatoms. The summed E-state index contributed by atoms with van der Waals surface area (Å²) >= 11 is 1.13. The first-order chi connectivity index (χ1) is 16.7. The van der Waals surface area contributed by atoms with Gasteiger partial charge in [-0.05, 0) is 30.2 Å². The van der Waals surface area contributed by atoms with Gasteiger partial charge in [0.25, 0.3) is 10.0 Å². The van der Waals surface area contributed by atoms with Crippen molar-refractivity contribution in [1.29, 1.82) is 0 Å². The van der Waals surface area contributed by atoms with Crippen LogP contribution >= 0.6 is 11.3 Å². The number of nitrogens with one attached hydrogen (secondary N) is 2. The van der Waals surface area contributed by atoms with Crippen molar-refractivity contribution in [3.63, 3.8) is 0 Å². The molecule has 2 fully saturated rings. The highest BCUT2D eigenvalue weighted by molar-refractivity contribution is 7.92. The zero-order valence-electron chi connectivity index (χ0n) is 18.6. The van der Waals surface area contributed by atoms with Crippen LogP contribution < -0.4 is 10.0 Å². The van der Waals surface area contributed by atoms with E-state index in [9.17, 15) is 21.6 Å². The molecule has 0 aliphatic carbocycles. The van der Waals surface area contributed by atoms with Gasteiger partial charge in [0.05, 0.1) is 17.7 Å². The standard InChI is InChI=1S/C23H23F3N4O3S2/c24-18-3-1-2-15(11-30-6-4-23(13-30)5-7-33-23)17(18)10-27-16-8-19(25)22(20(26)9-16)35(31,32)29-21-12-34-14-28-21/h1-3,8-9,12,14,27,29H,4-7,10-11,13H2. The second-order valence-electron chi connectivity index (χ2n) is 8.72. The number of sulfonamides is 1. The van der Waals surface area contributed by atoms with E-state index in [1.54, 1.807) is 6.07 Å². The number of thiazole rings is 1. The lowest BCUT2D eigenvalue weighted by atomic mass is 9.94. The van der Waals surface area contributed by atoms with Gasteiger partial charge in [-0.1, -0.05) is 12.1 Å². The fraction of sp³-hybridized carbons (Fsp3) is 0.348. The molecule has 3 heterocycles. The van der Waals surface area contributed by atoms with Crippen molar-refractivity contribution in [3.8, 4) is 0 Å². The number of hydrogen-bond acceptors (Lipinski definition) is 7. The molecule has 2 aliphatic rings. The van der Waals surface area contributed by atoms with Crippen LogP contribution in [0.15, 0.2) is 46.1 Å². The Balaban J connectivity index is 1.31. The van der Waals surface area contributed by atoms with Crippen LogP contribution in [0.5, 0.6) is 0 Å². The number of aromatic nitrogens is 1. The van der Waals surface area contributed by atoms with E-state index in [-0.39, 0.29) is 23.7 Å². The molecular formula is C23H23F3N4O3S2. The minimum absolute atomic E-state index is 0.00944. The second kappa shape index (κ2) is 9.41. The Hall–Kier alpha value is -2.67. The first kappa shape index (κ1) is 24.0. The van der Waals surface area contributed by atoms with Crippen LogP contribution in [0, 0.1) is 17.5 Å². The van der Waals surface area contributed by atoms with E-state index in [1.807, 2.05) is 10.8 Å². The van der Waals surface area contributed by atoms with E-state index in [4.69, 9.17) is 4.74 Å². The highest BCUT2D eigenvalue weighted by Crippen LogP contribution is 2.36. The molecule has 2 N–H and O–H groups in total. The highest BCUT2D eigenvalue weighted by atomic mass is 32.2. The van der Waals surface area contributed by atoms with E-state index >= 15 is 0 Å². The van der Waals surface area contributed by atoms with Crippen molar-refractivity contribution in [2.75, 3.05) is 29.7 Å². The lowest BCUT2D eigenvalue weighted by Crippen LogP contribution is -2.45. The molecule has 0 saturated carbocycles. The lowest BCUT2D eigenvalue weighted by Gasteiger charge is -2.38. The van der Waals surface area contributed by atoms with Gasteiger partial charge in [-0.15, -0.1) is 11.3 Å². The zero-order valence-corrected chi connectivity index (χ0v) is 20.2. The molecule has 2 saturated heterocycles. The molecule has 35 heavy (non-hydrogen) atoms. The van der Waals surface area contributed by atoms with Crippen LogP contribution in [0.3, 0.4) is 0 Å². The maximum atomic E-state index is 14.7. The SMILES string of the molecule is O=S(=O)(Nc1cscn1)c1c(F)cc(NCc2c(F)cccc2CN2CCC3(CCO3)C2)cc1F. The van der Waals surface area contributed by atoms with Crippen LogP contribution in [-0.4, -0.2) is 43.6 Å². The zero-order chi connectivity index (χ0) is 24.6. The quantitative estimate of drug-likeness (QED) is 0.456. The first-order valence-corrected chi connectivity index (χ1v) is 13.4. The Morgan fingerprint density at radius 2 is 1.91 bits per heavy atom. The summed E-state index contributed by atoms with van der Waals surface area (Å²) in [7, 11) is -4.52. The molecule has 5 rings (SSSR count). The van der Waals surface area contributed by atoms with Crippen molar-refractivity contribution in [1.82, 2.24) is 9.88 Å². The van der Waals surface area contributed by atoms with Crippen LogP contribution in [-0.2, 0) is 27.8 Å². The largest absolute Gasteiger partial charge is 0.381 e. The summed E-state index contributed by atoms with van der Waals surface area (Å²) in [6.45, 7) is 2.92. The maximum absolute atomic E-state index is 14.7. The minimum atomic E-state index is -4.52. The molecule has 3 aromatic rings. The molecule has 2 aliphatic heterocycles. The van der Waals surface area contributed by atoms with Crippen molar-refractivity contribution in [3.05, 3.63) is 69.8 Å². The Labute approximate surface area is 205 Å². The van der Waals surface area contributed by atoms with Gasteiger partial charge in [-0.25, -0.2) is 26.6 Å². The molecular weight excluding hydrogens is 501 g/mol. The van der Waals surface area contributed by atoms with Gasteiger partial charge in [-0.3, -0.25) is 9.62 Å². The van der Waals surface area contributed by atoms with Crippen LogP contribution in [0.2, 0.25) is 0 Å². The first-order valence-electron chi connectivity index (χ1n) is 11.0. The normalized spacial score (nSPS) is 20.2. The number of benzene rings is 2. The van der Waals surface area contributed by atoms with Gasteiger partial charge in [0.1, 0.15) is 17.5 Å². The molecule has 2 aromatic carbocycles. The Kier molecular flexibility index (Phi) is 6.47. The molecule has 0 bridgehead atoms. The summed E-state index contributed by atoms with van der Waals surface area (Å²) in [5.74, 6) is -3.01. The van der Waals surface area contributed by atoms with E-state index < -0.39 is 32.4 Å². The molecule has 1 spiro atoms. The van der Waals surface area contributed by atoms with E-state index in [0.29, 0.717) is 12.1 Å². The number of rotatable bonds is 8.